The third-order valence-corrected chi connectivity index (χ3v) is 6.34. The van der Waals surface area contributed by atoms with Gasteiger partial charge in [-0.25, -0.2) is 13.1 Å². The molecule has 0 aromatic heterocycles. The number of nitrogens with one attached hydrogen (secondary N) is 2. The minimum absolute atomic E-state index is 0.137. The number of sulfonamides is 1. The Morgan fingerprint density at radius 3 is 2.43 bits per heavy atom. The molecule has 8 nitrogen and oxygen atoms in total. The van der Waals surface area contributed by atoms with E-state index in [2.05, 4.69) is 21.0 Å². The number of hydrogen-bond donors (Lipinski definition) is 2. The summed E-state index contributed by atoms with van der Waals surface area (Å²) in [4.78, 5) is 13.1. The molecule has 0 amide bonds. The predicted octanol–water partition coefficient (Wildman–Crippen LogP) is 2.71. The fourth-order valence-corrected chi connectivity index (χ4v) is 4.10. The first-order valence-electron chi connectivity index (χ1n) is 9.16. The minimum Gasteiger partial charge on any atom is -0.375 e. The molecule has 0 atom stereocenters. The van der Waals surface area contributed by atoms with Crippen LogP contribution < -0.4 is 10.0 Å². The fourth-order valence-electron chi connectivity index (χ4n) is 3.35. The molecule has 0 aliphatic carbocycles. The second-order valence-corrected chi connectivity index (χ2v) is 8.64. The maximum absolute atomic E-state index is 11.9. The summed E-state index contributed by atoms with van der Waals surface area (Å²) in [7, 11) is -2.48. The molecule has 28 heavy (non-hydrogen) atoms. The van der Waals surface area contributed by atoms with Crippen molar-refractivity contribution in [2.75, 3.05) is 25.5 Å². The molecule has 0 unspecified atom stereocenters. The van der Waals surface area contributed by atoms with Crippen LogP contribution in [0.2, 0.25) is 0 Å². The van der Waals surface area contributed by atoms with Crippen molar-refractivity contribution in [1.29, 1.82) is 0 Å². The molecule has 1 aliphatic heterocycles. The second kappa shape index (κ2) is 8.68. The molecule has 3 rings (SSSR count). The van der Waals surface area contributed by atoms with Gasteiger partial charge in [0.2, 0.25) is 10.0 Å². The van der Waals surface area contributed by atoms with Gasteiger partial charge in [-0.1, -0.05) is 24.3 Å². The average molecular weight is 404 g/mol. The van der Waals surface area contributed by atoms with E-state index in [9.17, 15) is 18.5 Å². The first kappa shape index (κ1) is 20.2. The van der Waals surface area contributed by atoms with Crippen LogP contribution in [0.25, 0.3) is 0 Å². The van der Waals surface area contributed by atoms with Crippen LogP contribution in [0.4, 0.5) is 11.4 Å². The number of nitro benzene ring substituents is 1. The van der Waals surface area contributed by atoms with E-state index in [1.54, 1.807) is 0 Å². The molecule has 9 heteroatoms. The van der Waals surface area contributed by atoms with E-state index in [4.69, 9.17) is 0 Å². The Labute approximate surface area is 164 Å². The molecule has 1 fully saturated rings. The number of hydrogen-bond acceptors (Lipinski definition) is 6. The van der Waals surface area contributed by atoms with Crippen LogP contribution in [0, 0.1) is 10.1 Å². The third kappa shape index (κ3) is 4.67. The lowest BCUT2D eigenvalue weighted by Crippen LogP contribution is -2.20. The molecule has 0 saturated carbocycles. The molecule has 0 bridgehead atoms. The van der Waals surface area contributed by atoms with Crippen LogP contribution >= 0.6 is 0 Å². The lowest BCUT2D eigenvalue weighted by molar-refractivity contribution is -0.384. The minimum atomic E-state index is -3.75. The Morgan fingerprint density at radius 2 is 1.79 bits per heavy atom. The van der Waals surface area contributed by atoms with E-state index < -0.39 is 14.9 Å². The van der Waals surface area contributed by atoms with Crippen LogP contribution in [0.1, 0.15) is 24.0 Å². The normalized spacial score (nSPS) is 14.9. The van der Waals surface area contributed by atoms with E-state index in [-0.39, 0.29) is 16.3 Å². The van der Waals surface area contributed by atoms with Gasteiger partial charge in [0.05, 0.1) is 9.82 Å². The van der Waals surface area contributed by atoms with Crippen LogP contribution in [-0.4, -0.2) is 38.4 Å². The molecule has 0 radical (unpaired) electrons. The van der Waals surface area contributed by atoms with E-state index >= 15 is 0 Å². The van der Waals surface area contributed by atoms with Crippen molar-refractivity contribution in [3.8, 4) is 0 Å². The molecule has 2 aromatic carbocycles. The summed E-state index contributed by atoms with van der Waals surface area (Å²) >= 11 is 0. The summed E-state index contributed by atoms with van der Waals surface area (Å²) in [5.74, 6) is 0. The number of nitro groups is 1. The van der Waals surface area contributed by atoms with E-state index in [1.807, 2.05) is 18.2 Å². The highest BCUT2D eigenvalue weighted by atomic mass is 32.2. The largest absolute Gasteiger partial charge is 0.375 e. The molecule has 2 aromatic rings. The molecule has 1 heterocycles. The number of benzene rings is 2. The summed E-state index contributed by atoms with van der Waals surface area (Å²) in [6, 6.07) is 11.9. The Morgan fingerprint density at radius 1 is 1.11 bits per heavy atom. The maximum Gasteiger partial charge on any atom is 0.293 e. The third-order valence-electron chi connectivity index (χ3n) is 4.93. The van der Waals surface area contributed by atoms with Gasteiger partial charge in [-0.2, -0.15) is 0 Å². The van der Waals surface area contributed by atoms with Crippen molar-refractivity contribution in [1.82, 2.24) is 9.62 Å². The van der Waals surface area contributed by atoms with Gasteiger partial charge in [0.15, 0.2) is 0 Å². The molecular formula is C19H24N4O4S. The van der Waals surface area contributed by atoms with Gasteiger partial charge in [-0.15, -0.1) is 0 Å². The Kier molecular flexibility index (Phi) is 6.28. The van der Waals surface area contributed by atoms with Gasteiger partial charge in [0.1, 0.15) is 5.69 Å². The quantitative estimate of drug-likeness (QED) is 0.518. The first-order chi connectivity index (χ1) is 13.4. The zero-order valence-electron chi connectivity index (χ0n) is 15.7. The number of nitrogens with zero attached hydrogens (tertiary/aromatic N) is 2. The van der Waals surface area contributed by atoms with Crippen molar-refractivity contribution in [2.45, 2.75) is 30.8 Å². The van der Waals surface area contributed by atoms with Gasteiger partial charge in [-0.3, -0.25) is 15.0 Å². The number of anilines is 1. The number of rotatable bonds is 8. The molecule has 150 valence electrons. The van der Waals surface area contributed by atoms with Gasteiger partial charge in [0.25, 0.3) is 5.69 Å². The van der Waals surface area contributed by atoms with Crippen LogP contribution in [0.3, 0.4) is 0 Å². The van der Waals surface area contributed by atoms with Gasteiger partial charge >= 0.3 is 0 Å². The Hall–Kier alpha value is -2.49. The van der Waals surface area contributed by atoms with Crippen molar-refractivity contribution in [2.24, 2.45) is 0 Å². The molecule has 1 saturated heterocycles. The Bertz CT molecular complexity index is 956. The zero-order chi connectivity index (χ0) is 20.1. The Balaban J connectivity index is 1.80. The van der Waals surface area contributed by atoms with Crippen molar-refractivity contribution in [3.63, 3.8) is 0 Å². The van der Waals surface area contributed by atoms with E-state index in [0.29, 0.717) is 6.54 Å². The average Bonchev–Trinajstić information content (AvgIpc) is 3.20. The maximum atomic E-state index is 11.9. The summed E-state index contributed by atoms with van der Waals surface area (Å²) in [6.45, 7) is 3.46. The van der Waals surface area contributed by atoms with Crippen LogP contribution in [0.5, 0.6) is 0 Å². The topological polar surface area (TPSA) is 105 Å². The van der Waals surface area contributed by atoms with Crippen molar-refractivity contribution in [3.05, 3.63) is 63.7 Å². The standard InChI is InChI=1S/C19H24N4O4S/c1-20-28(26,27)17-8-9-18(19(12-17)23(24)25)21-13-15-6-2-3-7-16(15)14-22-10-4-5-11-22/h2-3,6-9,12,20-21H,4-5,10-11,13-14H2,1H3. The van der Waals surface area contributed by atoms with Crippen molar-refractivity contribution < 1.29 is 13.3 Å². The summed E-state index contributed by atoms with van der Waals surface area (Å²) in [5.41, 5.74) is 2.27. The van der Waals surface area contributed by atoms with Gasteiger partial charge in [-0.05, 0) is 56.2 Å². The lowest BCUT2D eigenvalue weighted by Gasteiger charge is -2.18. The van der Waals surface area contributed by atoms with Gasteiger partial charge in [0, 0.05) is 19.2 Å². The predicted molar refractivity (Wildman–Crippen MR) is 108 cm³/mol. The summed E-state index contributed by atoms with van der Waals surface area (Å²) < 4.78 is 26.0. The highest BCUT2D eigenvalue weighted by molar-refractivity contribution is 7.89. The smallest absolute Gasteiger partial charge is 0.293 e. The molecule has 2 N–H and O–H groups in total. The SMILES string of the molecule is CNS(=O)(=O)c1ccc(NCc2ccccc2CN2CCCC2)c([N+](=O)[O-])c1. The molecule has 0 spiro atoms. The fraction of sp³-hybridized carbons (Fsp3) is 0.368. The van der Waals surface area contributed by atoms with Crippen LogP contribution in [-0.2, 0) is 23.1 Å². The molecular weight excluding hydrogens is 380 g/mol. The highest BCUT2D eigenvalue weighted by Gasteiger charge is 2.20. The zero-order valence-corrected chi connectivity index (χ0v) is 16.5. The monoisotopic (exact) mass is 404 g/mol. The molecule has 1 aliphatic rings. The first-order valence-corrected chi connectivity index (χ1v) is 10.6. The summed E-state index contributed by atoms with van der Waals surface area (Å²) in [6.07, 6.45) is 2.43. The van der Waals surface area contributed by atoms with Crippen molar-refractivity contribution >= 4 is 21.4 Å². The van der Waals surface area contributed by atoms with E-state index in [1.165, 1.54) is 37.6 Å². The van der Waals surface area contributed by atoms with Gasteiger partial charge < -0.3 is 5.32 Å². The van der Waals surface area contributed by atoms with Crippen LogP contribution in [0.15, 0.2) is 47.4 Å². The highest BCUT2D eigenvalue weighted by Crippen LogP contribution is 2.28. The van der Waals surface area contributed by atoms with E-state index in [0.717, 1.165) is 31.3 Å². The summed E-state index contributed by atoms with van der Waals surface area (Å²) in [5, 5.41) is 14.5. The second-order valence-electron chi connectivity index (χ2n) is 6.75. The number of likely N-dealkylation sites (tertiary alicyclic amines) is 1. The lowest BCUT2D eigenvalue weighted by atomic mass is 10.1.